The Balaban J connectivity index is 1.47. The van der Waals surface area contributed by atoms with Gasteiger partial charge in [-0.15, -0.1) is 0 Å². The van der Waals surface area contributed by atoms with E-state index >= 15 is 0 Å². The molecule has 0 aliphatic carbocycles. The molecule has 0 bridgehead atoms. The van der Waals surface area contributed by atoms with E-state index in [-0.39, 0.29) is 35.2 Å². The highest BCUT2D eigenvalue weighted by Crippen LogP contribution is 2.37. The smallest absolute Gasteiger partial charge is 0.410 e. The summed E-state index contributed by atoms with van der Waals surface area (Å²) in [5.74, 6) is -0.847. The summed E-state index contributed by atoms with van der Waals surface area (Å²) < 4.78 is 11.4. The standard InChI is InChI=1S/C38H43N3O6/c1-25(30-17-11-15-27-14-9-10-16-32(27)30)41(37(45)47-38(2,3)4)24-29-23-40(21-20-31(29)26-12-7-6-8-13-26)36(44)39-33-19-18-28(35(42)43)22-34(33)46-5/h6-19,22,25,29,31H,20-21,23-24H2,1-5H3,(H,39,44)(H,42,43)/t25-,29?,31?/m1/s1. The van der Waals surface area contributed by atoms with Crippen LogP contribution < -0.4 is 10.1 Å². The van der Waals surface area contributed by atoms with Crippen molar-refractivity contribution in [3.8, 4) is 5.75 Å². The molecule has 1 fully saturated rings. The predicted octanol–water partition coefficient (Wildman–Crippen LogP) is 8.18. The van der Waals surface area contributed by atoms with Crippen LogP contribution in [0.2, 0.25) is 0 Å². The molecular weight excluding hydrogens is 594 g/mol. The summed E-state index contributed by atoms with van der Waals surface area (Å²) in [5.41, 5.74) is 1.92. The second-order valence-electron chi connectivity index (χ2n) is 13.0. The Kier molecular flexibility index (Phi) is 10.0. The lowest BCUT2D eigenvalue weighted by Crippen LogP contribution is -2.50. The van der Waals surface area contributed by atoms with Gasteiger partial charge in [0.05, 0.1) is 24.4 Å². The van der Waals surface area contributed by atoms with E-state index in [0.29, 0.717) is 31.7 Å². The largest absolute Gasteiger partial charge is 0.495 e. The van der Waals surface area contributed by atoms with E-state index in [0.717, 1.165) is 21.9 Å². The third-order valence-electron chi connectivity index (χ3n) is 8.74. The summed E-state index contributed by atoms with van der Waals surface area (Å²) >= 11 is 0. The van der Waals surface area contributed by atoms with Gasteiger partial charge in [0.15, 0.2) is 0 Å². The summed E-state index contributed by atoms with van der Waals surface area (Å²) in [5, 5.41) is 14.5. The van der Waals surface area contributed by atoms with Gasteiger partial charge >= 0.3 is 18.1 Å². The molecule has 4 aromatic carbocycles. The van der Waals surface area contributed by atoms with E-state index < -0.39 is 17.7 Å². The van der Waals surface area contributed by atoms with E-state index in [9.17, 15) is 19.5 Å². The maximum absolute atomic E-state index is 14.0. The lowest BCUT2D eigenvalue weighted by molar-refractivity contribution is 0.00995. The number of carboxylic acids is 1. The van der Waals surface area contributed by atoms with Gasteiger partial charge in [-0.05, 0) is 80.1 Å². The van der Waals surface area contributed by atoms with Crippen molar-refractivity contribution >= 4 is 34.6 Å². The normalized spacial score (nSPS) is 17.1. The minimum Gasteiger partial charge on any atom is -0.495 e. The number of anilines is 1. The van der Waals surface area contributed by atoms with E-state index in [1.54, 1.807) is 4.90 Å². The summed E-state index contributed by atoms with van der Waals surface area (Å²) in [6, 6.07) is 28.2. The number of benzene rings is 4. The van der Waals surface area contributed by atoms with Crippen LogP contribution in [0.5, 0.6) is 5.75 Å². The lowest BCUT2D eigenvalue weighted by Gasteiger charge is -2.42. The van der Waals surface area contributed by atoms with Crippen molar-refractivity contribution in [2.75, 3.05) is 32.1 Å². The topological polar surface area (TPSA) is 108 Å². The number of amides is 3. The number of fused-ring (bicyclic) bond motifs is 1. The molecule has 0 saturated carbocycles. The number of methoxy groups -OCH3 is 1. The zero-order valence-electron chi connectivity index (χ0n) is 27.6. The fourth-order valence-corrected chi connectivity index (χ4v) is 6.41. The molecule has 5 rings (SSSR count). The van der Waals surface area contributed by atoms with Gasteiger partial charge in [0, 0.05) is 25.6 Å². The highest BCUT2D eigenvalue weighted by atomic mass is 16.6. The van der Waals surface area contributed by atoms with Gasteiger partial charge in [-0.1, -0.05) is 72.8 Å². The Morgan fingerprint density at radius 2 is 1.68 bits per heavy atom. The predicted molar refractivity (Wildman–Crippen MR) is 183 cm³/mol. The first-order valence-corrected chi connectivity index (χ1v) is 15.9. The van der Waals surface area contributed by atoms with E-state index in [2.05, 4.69) is 41.7 Å². The van der Waals surface area contributed by atoms with Crippen molar-refractivity contribution in [3.63, 3.8) is 0 Å². The fraction of sp³-hybridized carbons (Fsp3) is 0.342. The Morgan fingerprint density at radius 1 is 0.979 bits per heavy atom. The van der Waals surface area contributed by atoms with Crippen LogP contribution in [0.15, 0.2) is 91.0 Å². The maximum atomic E-state index is 14.0. The second kappa shape index (κ2) is 14.2. The zero-order valence-corrected chi connectivity index (χ0v) is 27.6. The minimum atomic E-state index is -1.08. The summed E-state index contributed by atoms with van der Waals surface area (Å²) in [6.45, 7) is 8.88. The Bertz CT molecular complexity index is 1730. The van der Waals surface area contributed by atoms with Crippen molar-refractivity contribution in [1.82, 2.24) is 9.80 Å². The van der Waals surface area contributed by atoms with Gasteiger partial charge < -0.3 is 29.7 Å². The molecule has 9 heteroatoms. The van der Waals surface area contributed by atoms with Crippen LogP contribution >= 0.6 is 0 Å². The summed E-state index contributed by atoms with van der Waals surface area (Å²) in [7, 11) is 1.43. The van der Waals surface area contributed by atoms with Crippen molar-refractivity contribution < 1.29 is 29.0 Å². The number of urea groups is 1. The van der Waals surface area contributed by atoms with Crippen LogP contribution in [0.3, 0.4) is 0 Å². The molecule has 9 nitrogen and oxygen atoms in total. The molecule has 1 saturated heterocycles. The number of hydrogen-bond donors (Lipinski definition) is 2. The summed E-state index contributed by atoms with van der Waals surface area (Å²) in [6.07, 6.45) is 0.289. The number of carbonyl (C=O) groups is 3. The van der Waals surface area contributed by atoms with Crippen LogP contribution in [-0.2, 0) is 4.74 Å². The average Bonchev–Trinajstić information content (AvgIpc) is 3.06. The first-order valence-electron chi connectivity index (χ1n) is 15.9. The SMILES string of the molecule is COc1cc(C(=O)O)ccc1NC(=O)N1CCC(c2ccccc2)C(CN(C(=O)OC(C)(C)C)[C@H](C)c2cccc3ccccc23)C1. The molecule has 0 radical (unpaired) electrons. The van der Waals surface area contributed by atoms with Gasteiger partial charge in [0.1, 0.15) is 11.4 Å². The average molecular weight is 638 g/mol. The number of likely N-dealkylation sites (tertiary alicyclic amines) is 1. The van der Waals surface area contributed by atoms with Crippen LogP contribution in [0.4, 0.5) is 15.3 Å². The Morgan fingerprint density at radius 3 is 2.38 bits per heavy atom. The van der Waals surface area contributed by atoms with Gasteiger partial charge in [-0.3, -0.25) is 0 Å². The molecule has 1 heterocycles. The highest BCUT2D eigenvalue weighted by Gasteiger charge is 2.37. The molecular formula is C38H43N3O6. The lowest BCUT2D eigenvalue weighted by atomic mass is 9.80. The van der Waals surface area contributed by atoms with E-state index in [1.165, 1.54) is 25.3 Å². The fourth-order valence-electron chi connectivity index (χ4n) is 6.41. The maximum Gasteiger partial charge on any atom is 0.410 e. The summed E-state index contributed by atoms with van der Waals surface area (Å²) in [4.78, 5) is 42.7. The number of rotatable bonds is 8. The molecule has 0 spiro atoms. The van der Waals surface area contributed by atoms with Gasteiger partial charge in [-0.25, -0.2) is 14.4 Å². The molecule has 246 valence electrons. The van der Waals surface area contributed by atoms with Crippen LogP contribution in [0.25, 0.3) is 10.8 Å². The van der Waals surface area contributed by atoms with Gasteiger partial charge in [-0.2, -0.15) is 0 Å². The van der Waals surface area contributed by atoms with E-state index in [4.69, 9.17) is 9.47 Å². The number of piperidine rings is 1. The Labute approximate surface area is 276 Å². The molecule has 1 aliphatic rings. The van der Waals surface area contributed by atoms with Crippen molar-refractivity contribution in [1.29, 1.82) is 0 Å². The first-order chi connectivity index (χ1) is 22.4. The Hall–Kier alpha value is -5.05. The number of hydrogen-bond acceptors (Lipinski definition) is 5. The molecule has 2 N–H and O–H groups in total. The van der Waals surface area contributed by atoms with Crippen molar-refractivity contribution in [2.45, 2.75) is 51.7 Å². The molecule has 0 aromatic heterocycles. The molecule has 3 amide bonds. The molecule has 4 aromatic rings. The number of nitrogens with zero attached hydrogens (tertiary/aromatic N) is 2. The highest BCUT2D eigenvalue weighted by molar-refractivity contribution is 5.94. The van der Waals surface area contributed by atoms with E-state index in [1.807, 2.05) is 69.0 Å². The number of aromatic carboxylic acids is 1. The third-order valence-corrected chi connectivity index (χ3v) is 8.74. The number of carboxylic acid groups (broad SMARTS) is 1. The molecule has 47 heavy (non-hydrogen) atoms. The van der Waals surface area contributed by atoms with Crippen molar-refractivity contribution in [3.05, 3.63) is 108 Å². The number of ether oxygens (including phenoxy) is 2. The van der Waals surface area contributed by atoms with Crippen LogP contribution in [-0.4, -0.2) is 65.3 Å². The second-order valence-corrected chi connectivity index (χ2v) is 13.0. The zero-order chi connectivity index (χ0) is 33.7. The van der Waals surface area contributed by atoms with Gasteiger partial charge in [0.2, 0.25) is 0 Å². The quantitative estimate of drug-likeness (QED) is 0.202. The molecule has 3 atom stereocenters. The number of carbonyl (C=O) groups excluding carboxylic acids is 2. The van der Waals surface area contributed by atoms with Crippen molar-refractivity contribution in [2.24, 2.45) is 5.92 Å². The molecule has 1 aliphatic heterocycles. The minimum absolute atomic E-state index is 0.0612. The van der Waals surface area contributed by atoms with Gasteiger partial charge in [0.25, 0.3) is 0 Å². The molecule has 2 unspecified atom stereocenters. The third kappa shape index (κ3) is 7.85. The van der Waals surface area contributed by atoms with Crippen LogP contribution in [0.1, 0.15) is 67.6 Å². The number of nitrogens with one attached hydrogen (secondary N) is 1. The first kappa shape index (κ1) is 33.3. The van der Waals surface area contributed by atoms with Crippen LogP contribution in [0, 0.1) is 5.92 Å². The monoisotopic (exact) mass is 637 g/mol.